The Morgan fingerprint density at radius 1 is 1.33 bits per heavy atom. The first-order chi connectivity index (χ1) is 7.25. The van der Waals surface area contributed by atoms with Crippen molar-refractivity contribution >= 4 is 23.3 Å². The SMILES string of the molecule is NC(=O)Nc1ccc(-c2csnn2)cc1. The number of primary amides is 1. The number of nitrogens with zero attached hydrogens (tertiary/aromatic N) is 2. The maximum Gasteiger partial charge on any atom is 0.316 e. The molecule has 2 amide bonds. The van der Waals surface area contributed by atoms with Gasteiger partial charge in [-0.2, -0.15) is 0 Å². The Hall–Kier alpha value is -1.95. The van der Waals surface area contributed by atoms with E-state index in [-0.39, 0.29) is 0 Å². The van der Waals surface area contributed by atoms with Crippen LogP contribution in [-0.4, -0.2) is 15.6 Å². The Kier molecular flexibility index (Phi) is 2.59. The van der Waals surface area contributed by atoms with Gasteiger partial charge in [0.15, 0.2) is 0 Å². The van der Waals surface area contributed by atoms with Crippen molar-refractivity contribution in [2.24, 2.45) is 5.73 Å². The molecule has 2 rings (SSSR count). The molecule has 15 heavy (non-hydrogen) atoms. The summed E-state index contributed by atoms with van der Waals surface area (Å²) in [7, 11) is 0. The minimum Gasteiger partial charge on any atom is -0.351 e. The molecule has 0 saturated carbocycles. The number of carbonyl (C=O) groups is 1. The molecule has 0 fully saturated rings. The van der Waals surface area contributed by atoms with Crippen molar-refractivity contribution in [3.8, 4) is 11.3 Å². The molecule has 0 aliphatic rings. The van der Waals surface area contributed by atoms with Crippen LogP contribution in [0.25, 0.3) is 11.3 Å². The third-order valence-corrected chi connectivity index (χ3v) is 2.31. The lowest BCUT2D eigenvalue weighted by molar-refractivity contribution is 0.259. The van der Waals surface area contributed by atoms with Gasteiger partial charge in [-0.05, 0) is 23.7 Å². The van der Waals surface area contributed by atoms with E-state index in [0.717, 1.165) is 11.3 Å². The zero-order valence-corrected chi connectivity index (χ0v) is 8.49. The number of benzene rings is 1. The Bertz CT molecular complexity index is 451. The number of carbonyl (C=O) groups excluding carboxylic acids is 1. The number of amides is 2. The average Bonchev–Trinajstić information content (AvgIpc) is 2.71. The number of hydrogen-bond donors (Lipinski definition) is 2. The van der Waals surface area contributed by atoms with Crippen LogP contribution in [0.4, 0.5) is 10.5 Å². The zero-order valence-electron chi connectivity index (χ0n) is 7.68. The molecule has 2 aromatic rings. The topological polar surface area (TPSA) is 80.9 Å². The Labute approximate surface area is 90.1 Å². The molecule has 6 heteroatoms. The molecule has 1 aromatic carbocycles. The molecule has 0 bridgehead atoms. The van der Waals surface area contributed by atoms with Crippen LogP contribution in [0.5, 0.6) is 0 Å². The molecule has 0 saturated heterocycles. The number of nitrogens with two attached hydrogens (primary N) is 1. The Morgan fingerprint density at radius 3 is 2.60 bits per heavy atom. The van der Waals surface area contributed by atoms with E-state index in [1.54, 1.807) is 12.1 Å². The van der Waals surface area contributed by atoms with Gasteiger partial charge in [0.1, 0.15) is 5.69 Å². The van der Waals surface area contributed by atoms with E-state index >= 15 is 0 Å². The average molecular weight is 220 g/mol. The van der Waals surface area contributed by atoms with Crippen molar-refractivity contribution < 1.29 is 4.79 Å². The van der Waals surface area contributed by atoms with E-state index in [2.05, 4.69) is 14.9 Å². The van der Waals surface area contributed by atoms with Gasteiger partial charge in [-0.25, -0.2) is 4.79 Å². The van der Waals surface area contributed by atoms with Crippen LogP contribution < -0.4 is 11.1 Å². The minimum absolute atomic E-state index is 0.571. The quantitative estimate of drug-likeness (QED) is 0.808. The highest BCUT2D eigenvalue weighted by Crippen LogP contribution is 2.19. The number of hydrogen-bond acceptors (Lipinski definition) is 4. The van der Waals surface area contributed by atoms with Crippen molar-refractivity contribution in [2.75, 3.05) is 5.32 Å². The monoisotopic (exact) mass is 220 g/mol. The maximum atomic E-state index is 10.6. The van der Waals surface area contributed by atoms with Gasteiger partial charge in [-0.3, -0.25) is 0 Å². The molecule has 3 N–H and O–H groups in total. The number of rotatable bonds is 2. The summed E-state index contributed by atoms with van der Waals surface area (Å²) in [6.45, 7) is 0. The molecular formula is C9H8N4OS. The van der Waals surface area contributed by atoms with Crippen molar-refractivity contribution in [2.45, 2.75) is 0 Å². The maximum absolute atomic E-state index is 10.6. The largest absolute Gasteiger partial charge is 0.351 e. The summed E-state index contributed by atoms with van der Waals surface area (Å²) in [5.41, 5.74) is 7.43. The van der Waals surface area contributed by atoms with Gasteiger partial charge in [0.2, 0.25) is 0 Å². The third kappa shape index (κ3) is 2.29. The van der Waals surface area contributed by atoms with E-state index in [4.69, 9.17) is 5.73 Å². The van der Waals surface area contributed by atoms with Gasteiger partial charge in [0, 0.05) is 16.6 Å². The van der Waals surface area contributed by atoms with Gasteiger partial charge in [0.25, 0.3) is 0 Å². The molecule has 1 heterocycles. The standard InChI is InChI=1S/C9H8N4OS/c10-9(14)11-7-3-1-6(2-4-7)8-5-15-13-12-8/h1-5H,(H3,10,11,14). The lowest BCUT2D eigenvalue weighted by Gasteiger charge is -2.01. The van der Waals surface area contributed by atoms with Crippen LogP contribution >= 0.6 is 11.5 Å². The van der Waals surface area contributed by atoms with E-state index in [1.165, 1.54) is 11.5 Å². The fourth-order valence-electron chi connectivity index (χ4n) is 1.16. The van der Waals surface area contributed by atoms with Crippen molar-refractivity contribution in [1.82, 2.24) is 9.59 Å². The van der Waals surface area contributed by atoms with Crippen molar-refractivity contribution in [1.29, 1.82) is 0 Å². The summed E-state index contributed by atoms with van der Waals surface area (Å²) in [5, 5.41) is 8.27. The number of aromatic nitrogens is 2. The second kappa shape index (κ2) is 4.05. The minimum atomic E-state index is -0.571. The fraction of sp³-hybridized carbons (Fsp3) is 0. The van der Waals surface area contributed by atoms with E-state index in [0.29, 0.717) is 5.69 Å². The summed E-state index contributed by atoms with van der Waals surface area (Å²) < 4.78 is 3.77. The highest BCUT2D eigenvalue weighted by atomic mass is 32.1. The predicted molar refractivity (Wildman–Crippen MR) is 58.6 cm³/mol. The summed E-state index contributed by atoms with van der Waals surface area (Å²) in [4.78, 5) is 10.6. The first-order valence-electron chi connectivity index (χ1n) is 4.19. The third-order valence-electron chi connectivity index (χ3n) is 1.81. The van der Waals surface area contributed by atoms with E-state index in [9.17, 15) is 4.79 Å². The number of urea groups is 1. The van der Waals surface area contributed by atoms with Crippen LogP contribution in [0.15, 0.2) is 29.6 Å². The number of nitrogens with one attached hydrogen (secondary N) is 1. The molecule has 1 aromatic heterocycles. The normalized spacial score (nSPS) is 9.87. The summed E-state index contributed by atoms with van der Waals surface area (Å²) >= 11 is 1.30. The smallest absolute Gasteiger partial charge is 0.316 e. The van der Waals surface area contributed by atoms with Gasteiger partial charge in [0.05, 0.1) is 0 Å². The van der Waals surface area contributed by atoms with Gasteiger partial charge in [-0.1, -0.05) is 16.6 Å². The zero-order chi connectivity index (χ0) is 10.7. The van der Waals surface area contributed by atoms with Crippen LogP contribution in [0, 0.1) is 0 Å². The van der Waals surface area contributed by atoms with E-state index in [1.807, 2.05) is 17.5 Å². The molecule has 0 spiro atoms. The second-order valence-corrected chi connectivity index (χ2v) is 3.47. The predicted octanol–water partition coefficient (Wildman–Crippen LogP) is 1.70. The molecule has 0 aliphatic heterocycles. The van der Waals surface area contributed by atoms with Gasteiger partial charge < -0.3 is 11.1 Å². The molecular weight excluding hydrogens is 212 g/mol. The second-order valence-electron chi connectivity index (χ2n) is 2.86. The lowest BCUT2D eigenvalue weighted by atomic mass is 10.1. The van der Waals surface area contributed by atoms with Crippen LogP contribution in [0.1, 0.15) is 0 Å². The molecule has 76 valence electrons. The van der Waals surface area contributed by atoms with Crippen LogP contribution in [0.3, 0.4) is 0 Å². The van der Waals surface area contributed by atoms with E-state index < -0.39 is 6.03 Å². The summed E-state index contributed by atoms with van der Waals surface area (Å²) in [6.07, 6.45) is 0. The van der Waals surface area contributed by atoms with Gasteiger partial charge in [-0.15, -0.1) is 5.10 Å². The first-order valence-corrected chi connectivity index (χ1v) is 5.03. The molecule has 5 nitrogen and oxygen atoms in total. The molecule has 0 unspecified atom stereocenters. The van der Waals surface area contributed by atoms with Crippen molar-refractivity contribution in [3.05, 3.63) is 29.6 Å². The summed E-state index contributed by atoms with van der Waals surface area (Å²) in [6, 6.07) is 6.65. The Balaban J connectivity index is 2.21. The molecule has 0 aliphatic carbocycles. The first kappa shape index (κ1) is 9.60. The fourth-order valence-corrected chi connectivity index (χ4v) is 1.62. The number of anilines is 1. The Morgan fingerprint density at radius 2 is 2.07 bits per heavy atom. The van der Waals surface area contributed by atoms with Crippen LogP contribution in [0.2, 0.25) is 0 Å². The molecule has 0 radical (unpaired) electrons. The molecule has 0 atom stereocenters. The highest BCUT2D eigenvalue weighted by Gasteiger charge is 2.01. The van der Waals surface area contributed by atoms with Crippen LogP contribution in [-0.2, 0) is 0 Å². The lowest BCUT2D eigenvalue weighted by Crippen LogP contribution is -2.19. The highest BCUT2D eigenvalue weighted by molar-refractivity contribution is 7.03. The van der Waals surface area contributed by atoms with Gasteiger partial charge >= 0.3 is 6.03 Å². The summed E-state index contributed by atoms with van der Waals surface area (Å²) in [5.74, 6) is 0. The van der Waals surface area contributed by atoms with Crippen molar-refractivity contribution in [3.63, 3.8) is 0 Å².